The van der Waals surface area contributed by atoms with E-state index in [0.717, 1.165) is 9.87 Å². The maximum absolute atomic E-state index is 12.5. The van der Waals surface area contributed by atoms with E-state index in [1.54, 1.807) is 19.1 Å². The molecule has 0 aliphatic carbocycles. The van der Waals surface area contributed by atoms with Crippen molar-refractivity contribution in [1.29, 1.82) is 0 Å². The fourth-order valence-electron chi connectivity index (χ4n) is 1.88. The average molecular weight is 292 g/mol. The SMILES string of the molecule is Cc1cc(N)cc(S(=O)(=O)N(C)c2ccc(O)cc2)c1. The van der Waals surface area contributed by atoms with E-state index < -0.39 is 10.0 Å². The van der Waals surface area contributed by atoms with Crippen LogP contribution in [-0.4, -0.2) is 20.6 Å². The first kappa shape index (κ1) is 14.2. The molecule has 0 saturated carbocycles. The lowest BCUT2D eigenvalue weighted by Crippen LogP contribution is -2.26. The summed E-state index contributed by atoms with van der Waals surface area (Å²) in [6, 6.07) is 10.7. The number of sulfonamides is 1. The number of nitrogens with zero attached hydrogens (tertiary/aromatic N) is 1. The lowest BCUT2D eigenvalue weighted by atomic mass is 10.2. The minimum absolute atomic E-state index is 0.0827. The maximum atomic E-state index is 12.5. The van der Waals surface area contributed by atoms with Crippen LogP contribution in [0.1, 0.15) is 5.56 Å². The summed E-state index contributed by atoms with van der Waals surface area (Å²) in [7, 11) is -2.22. The van der Waals surface area contributed by atoms with Gasteiger partial charge in [0, 0.05) is 12.7 Å². The second kappa shape index (κ2) is 5.05. The molecule has 5 nitrogen and oxygen atoms in total. The van der Waals surface area contributed by atoms with Crippen LogP contribution < -0.4 is 10.0 Å². The Morgan fingerprint density at radius 3 is 2.25 bits per heavy atom. The second-order valence-electron chi connectivity index (χ2n) is 4.57. The Hall–Kier alpha value is -2.21. The van der Waals surface area contributed by atoms with Crippen molar-refractivity contribution in [2.24, 2.45) is 0 Å². The number of hydrogen-bond donors (Lipinski definition) is 2. The zero-order valence-electron chi connectivity index (χ0n) is 11.2. The van der Waals surface area contributed by atoms with Gasteiger partial charge in [-0.2, -0.15) is 0 Å². The number of aryl methyl sites for hydroxylation is 1. The van der Waals surface area contributed by atoms with Crippen molar-refractivity contribution in [3.63, 3.8) is 0 Å². The summed E-state index contributed by atoms with van der Waals surface area (Å²) < 4.78 is 26.2. The predicted octanol–water partition coefficient (Wildman–Crippen LogP) is 2.11. The highest BCUT2D eigenvalue weighted by atomic mass is 32.2. The quantitative estimate of drug-likeness (QED) is 0.849. The molecule has 0 saturated heterocycles. The lowest BCUT2D eigenvalue weighted by Gasteiger charge is -2.20. The Balaban J connectivity index is 2.46. The number of rotatable bonds is 3. The molecule has 0 radical (unpaired) electrons. The van der Waals surface area contributed by atoms with Crippen molar-refractivity contribution in [2.45, 2.75) is 11.8 Å². The van der Waals surface area contributed by atoms with E-state index in [9.17, 15) is 13.5 Å². The molecule has 0 spiro atoms. The Morgan fingerprint density at radius 2 is 1.70 bits per heavy atom. The summed E-state index contributed by atoms with van der Waals surface area (Å²) >= 11 is 0. The fraction of sp³-hybridized carbons (Fsp3) is 0.143. The van der Waals surface area contributed by atoms with Gasteiger partial charge >= 0.3 is 0 Å². The van der Waals surface area contributed by atoms with Crippen LogP contribution in [0.2, 0.25) is 0 Å². The summed E-state index contributed by atoms with van der Waals surface area (Å²) in [5.74, 6) is 0.0827. The molecule has 0 fully saturated rings. The molecular formula is C14H16N2O3S. The topological polar surface area (TPSA) is 83.6 Å². The highest BCUT2D eigenvalue weighted by Gasteiger charge is 2.21. The van der Waals surface area contributed by atoms with E-state index in [1.165, 1.54) is 37.4 Å². The van der Waals surface area contributed by atoms with Crippen LogP contribution in [0.15, 0.2) is 47.4 Å². The van der Waals surface area contributed by atoms with Crippen LogP contribution in [0, 0.1) is 6.92 Å². The van der Waals surface area contributed by atoms with Gasteiger partial charge in [-0.05, 0) is 55.0 Å². The number of anilines is 2. The molecule has 0 heterocycles. The molecule has 0 bridgehead atoms. The van der Waals surface area contributed by atoms with Crippen molar-refractivity contribution < 1.29 is 13.5 Å². The van der Waals surface area contributed by atoms with Gasteiger partial charge in [0.05, 0.1) is 10.6 Å². The molecule has 20 heavy (non-hydrogen) atoms. The van der Waals surface area contributed by atoms with E-state index in [4.69, 9.17) is 5.73 Å². The zero-order valence-corrected chi connectivity index (χ0v) is 12.1. The molecule has 106 valence electrons. The van der Waals surface area contributed by atoms with Crippen molar-refractivity contribution in [3.8, 4) is 5.75 Å². The van der Waals surface area contributed by atoms with E-state index in [2.05, 4.69) is 0 Å². The summed E-state index contributed by atoms with van der Waals surface area (Å²) in [5.41, 5.74) is 7.35. The van der Waals surface area contributed by atoms with E-state index in [-0.39, 0.29) is 10.6 Å². The largest absolute Gasteiger partial charge is 0.508 e. The van der Waals surface area contributed by atoms with Gasteiger partial charge in [-0.3, -0.25) is 4.31 Å². The molecular weight excluding hydrogens is 276 g/mol. The standard InChI is InChI=1S/C14H16N2O3S/c1-10-7-11(15)9-14(8-10)20(18,19)16(2)12-3-5-13(17)6-4-12/h3-9,17H,15H2,1-2H3. The molecule has 3 N–H and O–H groups in total. The van der Waals surface area contributed by atoms with Gasteiger partial charge in [-0.25, -0.2) is 8.42 Å². The summed E-state index contributed by atoms with van der Waals surface area (Å²) in [6.07, 6.45) is 0. The Morgan fingerprint density at radius 1 is 1.10 bits per heavy atom. The Kier molecular flexibility index (Phi) is 3.59. The molecule has 0 unspecified atom stereocenters. The normalized spacial score (nSPS) is 11.3. The van der Waals surface area contributed by atoms with Gasteiger partial charge in [-0.15, -0.1) is 0 Å². The molecule has 0 atom stereocenters. The second-order valence-corrected chi connectivity index (χ2v) is 6.54. The van der Waals surface area contributed by atoms with Gasteiger partial charge in [0.25, 0.3) is 10.0 Å². The number of phenols is 1. The number of phenolic OH excluding ortho intramolecular Hbond substituents is 1. The van der Waals surface area contributed by atoms with E-state index in [1.807, 2.05) is 0 Å². The van der Waals surface area contributed by atoms with Crippen LogP contribution in [0.5, 0.6) is 5.75 Å². The first-order valence-electron chi connectivity index (χ1n) is 5.96. The smallest absolute Gasteiger partial charge is 0.264 e. The van der Waals surface area contributed by atoms with Crippen molar-refractivity contribution >= 4 is 21.4 Å². The third-order valence-corrected chi connectivity index (χ3v) is 4.71. The van der Waals surface area contributed by atoms with Gasteiger partial charge < -0.3 is 10.8 Å². The minimum atomic E-state index is -3.68. The van der Waals surface area contributed by atoms with Gasteiger partial charge in [-0.1, -0.05) is 0 Å². The van der Waals surface area contributed by atoms with Crippen LogP contribution in [0.3, 0.4) is 0 Å². The van der Waals surface area contributed by atoms with Crippen molar-refractivity contribution in [1.82, 2.24) is 0 Å². The fourth-order valence-corrected chi connectivity index (χ4v) is 3.22. The number of nitrogens with two attached hydrogens (primary N) is 1. The molecule has 6 heteroatoms. The first-order chi connectivity index (χ1) is 9.30. The first-order valence-corrected chi connectivity index (χ1v) is 7.40. The monoisotopic (exact) mass is 292 g/mol. The van der Waals surface area contributed by atoms with Crippen molar-refractivity contribution in [2.75, 3.05) is 17.1 Å². The Labute approximate surface area is 118 Å². The van der Waals surface area contributed by atoms with Crippen LogP contribution in [0.4, 0.5) is 11.4 Å². The third-order valence-electron chi connectivity index (χ3n) is 2.94. The molecule has 0 aromatic heterocycles. The third kappa shape index (κ3) is 2.70. The predicted molar refractivity (Wildman–Crippen MR) is 79.3 cm³/mol. The van der Waals surface area contributed by atoms with Crippen LogP contribution >= 0.6 is 0 Å². The van der Waals surface area contributed by atoms with E-state index in [0.29, 0.717) is 11.4 Å². The maximum Gasteiger partial charge on any atom is 0.264 e. The van der Waals surface area contributed by atoms with Crippen LogP contribution in [-0.2, 0) is 10.0 Å². The number of hydrogen-bond acceptors (Lipinski definition) is 4. The molecule has 2 aromatic carbocycles. The summed E-state index contributed by atoms with van der Waals surface area (Å²) in [4.78, 5) is 0.144. The van der Waals surface area contributed by atoms with Crippen LogP contribution in [0.25, 0.3) is 0 Å². The van der Waals surface area contributed by atoms with Crippen molar-refractivity contribution in [3.05, 3.63) is 48.0 Å². The van der Waals surface area contributed by atoms with Gasteiger partial charge in [0.1, 0.15) is 5.75 Å². The minimum Gasteiger partial charge on any atom is -0.508 e. The average Bonchev–Trinajstić information content (AvgIpc) is 2.37. The molecule has 2 rings (SSSR count). The molecule has 0 aliphatic rings. The highest BCUT2D eigenvalue weighted by Crippen LogP contribution is 2.25. The highest BCUT2D eigenvalue weighted by molar-refractivity contribution is 7.92. The Bertz CT molecular complexity index is 704. The number of nitrogen functional groups attached to an aromatic ring is 1. The number of aromatic hydroxyl groups is 1. The lowest BCUT2D eigenvalue weighted by molar-refractivity contribution is 0.475. The zero-order chi connectivity index (χ0) is 14.9. The molecule has 0 aliphatic heterocycles. The number of benzene rings is 2. The summed E-state index contributed by atoms with van der Waals surface area (Å²) in [6.45, 7) is 1.79. The molecule has 2 aromatic rings. The molecule has 0 amide bonds. The van der Waals surface area contributed by atoms with Gasteiger partial charge in [0.15, 0.2) is 0 Å². The summed E-state index contributed by atoms with van der Waals surface area (Å²) in [5, 5.41) is 9.25. The van der Waals surface area contributed by atoms with Gasteiger partial charge in [0.2, 0.25) is 0 Å². The van der Waals surface area contributed by atoms with E-state index >= 15 is 0 Å².